The Morgan fingerprint density at radius 3 is 2.80 bits per heavy atom. The zero-order chi connectivity index (χ0) is 14.0. The molecule has 1 fully saturated rings. The zero-order valence-electron chi connectivity index (χ0n) is 12.7. The molecule has 1 aromatic carbocycles. The van der Waals surface area contributed by atoms with Gasteiger partial charge in [0.2, 0.25) is 0 Å². The predicted molar refractivity (Wildman–Crippen MR) is 83.2 cm³/mol. The lowest BCUT2D eigenvalue weighted by Gasteiger charge is -2.39. The van der Waals surface area contributed by atoms with Crippen LogP contribution in [0.3, 0.4) is 0 Å². The number of nitrogens with zero attached hydrogens (tertiary/aromatic N) is 1. The fourth-order valence-corrected chi connectivity index (χ4v) is 3.51. The first-order chi connectivity index (χ1) is 9.78. The Bertz CT molecular complexity index is 450. The summed E-state index contributed by atoms with van der Waals surface area (Å²) in [6, 6.07) is 9.37. The maximum Gasteiger partial charge on any atom is 0.0670 e. The molecule has 20 heavy (non-hydrogen) atoms. The van der Waals surface area contributed by atoms with Gasteiger partial charge in [-0.15, -0.1) is 0 Å². The van der Waals surface area contributed by atoms with Crippen molar-refractivity contribution in [1.29, 1.82) is 0 Å². The highest BCUT2D eigenvalue weighted by molar-refractivity contribution is 5.56. The zero-order valence-corrected chi connectivity index (χ0v) is 12.7. The molecule has 0 amide bonds. The van der Waals surface area contributed by atoms with Crippen molar-refractivity contribution in [3.8, 4) is 0 Å². The third kappa shape index (κ3) is 2.45. The summed E-state index contributed by atoms with van der Waals surface area (Å²) in [6.45, 7) is 8.44. The van der Waals surface area contributed by atoms with E-state index in [-0.39, 0.29) is 5.54 Å². The number of hydrogen-bond donors (Lipinski definition) is 1. The van der Waals surface area contributed by atoms with Gasteiger partial charge in [0.25, 0.3) is 0 Å². The van der Waals surface area contributed by atoms with Gasteiger partial charge in [-0.05, 0) is 30.9 Å². The van der Waals surface area contributed by atoms with Gasteiger partial charge in [0.15, 0.2) is 0 Å². The molecule has 2 aliphatic heterocycles. The second kappa shape index (κ2) is 5.74. The number of rotatable bonds is 3. The number of para-hydroxylation sites is 1. The van der Waals surface area contributed by atoms with Crippen LogP contribution in [-0.2, 0) is 11.3 Å². The Balaban J connectivity index is 1.97. The fraction of sp³-hybridized carbons (Fsp3) is 0.647. The summed E-state index contributed by atoms with van der Waals surface area (Å²) in [7, 11) is 0. The van der Waals surface area contributed by atoms with E-state index >= 15 is 0 Å². The van der Waals surface area contributed by atoms with Crippen molar-refractivity contribution in [2.45, 2.75) is 51.2 Å². The average Bonchev–Trinajstić information content (AvgIpc) is 2.97. The highest BCUT2D eigenvalue weighted by atomic mass is 16.5. The van der Waals surface area contributed by atoms with Crippen LogP contribution in [0, 0.1) is 0 Å². The number of nitrogens with one attached hydrogen (secondary N) is 1. The normalized spacial score (nSPS) is 25.3. The van der Waals surface area contributed by atoms with E-state index in [1.165, 1.54) is 24.1 Å². The number of benzene rings is 1. The van der Waals surface area contributed by atoms with Crippen LogP contribution >= 0.6 is 0 Å². The molecule has 0 spiro atoms. The molecular weight excluding hydrogens is 248 g/mol. The van der Waals surface area contributed by atoms with E-state index in [4.69, 9.17) is 4.74 Å². The average molecular weight is 274 g/mol. The molecule has 0 saturated carbocycles. The molecule has 1 aromatic rings. The fourth-order valence-electron chi connectivity index (χ4n) is 3.51. The molecular formula is C17H26N2O. The van der Waals surface area contributed by atoms with Gasteiger partial charge in [0.05, 0.1) is 12.6 Å². The largest absolute Gasteiger partial charge is 0.379 e. The standard InChI is InChI=1S/C17H26N2O/c1-3-17(4-2)13-19(15-9-10-20-12-15)16-8-6-5-7-14(16)11-18-17/h5-8,15,18H,3-4,9-13H2,1-2H3. The van der Waals surface area contributed by atoms with E-state index in [2.05, 4.69) is 48.3 Å². The van der Waals surface area contributed by atoms with E-state index in [1.54, 1.807) is 0 Å². The minimum absolute atomic E-state index is 0.224. The van der Waals surface area contributed by atoms with Crippen LogP contribution in [0.25, 0.3) is 0 Å². The van der Waals surface area contributed by atoms with Gasteiger partial charge in [-0.25, -0.2) is 0 Å². The molecule has 0 radical (unpaired) electrons. The SMILES string of the molecule is CCC1(CC)CN(C2CCOC2)c2ccccc2CN1. The summed E-state index contributed by atoms with van der Waals surface area (Å²) >= 11 is 0. The van der Waals surface area contributed by atoms with Crippen LogP contribution in [0.5, 0.6) is 0 Å². The molecule has 2 heterocycles. The lowest BCUT2D eigenvalue weighted by molar-refractivity contribution is 0.191. The van der Waals surface area contributed by atoms with Crippen LogP contribution in [0.1, 0.15) is 38.7 Å². The van der Waals surface area contributed by atoms with Crippen LogP contribution < -0.4 is 10.2 Å². The lowest BCUT2D eigenvalue weighted by atomic mass is 9.91. The van der Waals surface area contributed by atoms with E-state index in [9.17, 15) is 0 Å². The van der Waals surface area contributed by atoms with Crippen LogP contribution in [-0.4, -0.2) is 31.3 Å². The van der Waals surface area contributed by atoms with Crippen molar-refractivity contribution in [2.75, 3.05) is 24.7 Å². The summed E-state index contributed by atoms with van der Waals surface area (Å²) in [5.41, 5.74) is 3.05. The van der Waals surface area contributed by atoms with E-state index in [0.29, 0.717) is 6.04 Å². The molecule has 1 N–H and O–H groups in total. The first-order valence-corrected chi connectivity index (χ1v) is 7.95. The first kappa shape index (κ1) is 13.9. The smallest absolute Gasteiger partial charge is 0.0670 e. The van der Waals surface area contributed by atoms with E-state index in [0.717, 1.165) is 32.7 Å². The number of anilines is 1. The van der Waals surface area contributed by atoms with Gasteiger partial charge >= 0.3 is 0 Å². The van der Waals surface area contributed by atoms with E-state index in [1.807, 2.05) is 0 Å². The molecule has 0 aliphatic carbocycles. The summed E-state index contributed by atoms with van der Waals surface area (Å²) in [4.78, 5) is 2.61. The molecule has 3 heteroatoms. The molecule has 2 aliphatic rings. The van der Waals surface area contributed by atoms with Gasteiger partial charge < -0.3 is 15.0 Å². The minimum Gasteiger partial charge on any atom is -0.379 e. The van der Waals surface area contributed by atoms with Crippen molar-refractivity contribution >= 4 is 5.69 Å². The van der Waals surface area contributed by atoms with Crippen molar-refractivity contribution in [2.24, 2.45) is 0 Å². The maximum atomic E-state index is 5.64. The quantitative estimate of drug-likeness (QED) is 0.917. The van der Waals surface area contributed by atoms with Crippen molar-refractivity contribution in [3.05, 3.63) is 29.8 Å². The Kier molecular flexibility index (Phi) is 3.99. The Morgan fingerprint density at radius 2 is 2.10 bits per heavy atom. The Morgan fingerprint density at radius 1 is 1.30 bits per heavy atom. The topological polar surface area (TPSA) is 24.5 Å². The molecule has 3 nitrogen and oxygen atoms in total. The molecule has 1 atom stereocenters. The Labute approximate surface area is 122 Å². The number of fused-ring (bicyclic) bond motifs is 1. The molecule has 3 rings (SSSR count). The summed E-state index contributed by atoms with van der Waals surface area (Å²) in [5.74, 6) is 0. The summed E-state index contributed by atoms with van der Waals surface area (Å²) < 4.78 is 5.64. The predicted octanol–water partition coefficient (Wildman–Crippen LogP) is 2.94. The van der Waals surface area contributed by atoms with E-state index < -0.39 is 0 Å². The van der Waals surface area contributed by atoms with Crippen LogP contribution in [0.2, 0.25) is 0 Å². The highest BCUT2D eigenvalue weighted by Gasteiger charge is 2.35. The molecule has 1 unspecified atom stereocenters. The van der Waals surface area contributed by atoms with Crippen molar-refractivity contribution < 1.29 is 4.74 Å². The second-order valence-corrected chi connectivity index (χ2v) is 6.12. The number of hydrogen-bond acceptors (Lipinski definition) is 3. The summed E-state index contributed by atoms with van der Waals surface area (Å²) in [5, 5.41) is 3.82. The van der Waals surface area contributed by atoms with Gasteiger partial charge in [-0.2, -0.15) is 0 Å². The molecule has 1 saturated heterocycles. The first-order valence-electron chi connectivity index (χ1n) is 7.95. The highest BCUT2D eigenvalue weighted by Crippen LogP contribution is 2.32. The third-order valence-electron chi connectivity index (χ3n) is 5.13. The molecule has 0 aromatic heterocycles. The minimum atomic E-state index is 0.224. The lowest BCUT2D eigenvalue weighted by Crippen LogP contribution is -2.53. The Hall–Kier alpha value is -1.06. The van der Waals surface area contributed by atoms with Crippen LogP contribution in [0.15, 0.2) is 24.3 Å². The van der Waals surface area contributed by atoms with Crippen LogP contribution in [0.4, 0.5) is 5.69 Å². The third-order valence-corrected chi connectivity index (χ3v) is 5.13. The molecule has 0 bridgehead atoms. The monoisotopic (exact) mass is 274 g/mol. The summed E-state index contributed by atoms with van der Waals surface area (Å²) in [6.07, 6.45) is 3.49. The van der Waals surface area contributed by atoms with Gasteiger partial charge in [0, 0.05) is 30.9 Å². The van der Waals surface area contributed by atoms with Gasteiger partial charge in [-0.3, -0.25) is 0 Å². The van der Waals surface area contributed by atoms with Gasteiger partial charge in [0.1, 0.15) is 0 Å². The molecule has 110 valence electrons. The van der Waals surface area contributed by atoms with Crippen molar-refractivity contribution in [3.63, 3.8) is 0 Å². The van der Waals surface area contributed by atoms with Crippen molar-refractivity contribution in [1.82, 2.24) is 5.32 Å². The maximum absolute atomic E-state index is 5.64. The second-order valence-electron chi connectivity index (χ2n) is 6.12. The number of ether oxygens (including phenoxy) is 1. The van der Waals surface area contributed by atoms with Gasteiger partial charge in [-0.1, -0.05) is 32.0 Å².